The zero-order valence-electron chi connectivity index (χ0n) is 8.34. The summed E-state index contributed by atoms with van der Waals surface area (Å²) in [5, 5.41) is 22.5. The van der Waals surface area contributed by atoms with Crippen LogP contribution in [0, 0.1) is 10.1 Å². The molecule has 0 spiro atoms. The number of aromatic hydroxyl groups is 1. The highest BCUT2D eigenvalue weighted by Gasteiger charge is 2.24. The molecule has 1 fully saturated rings. The number of hydrogen-bond acceptors (Lipinski definition) is 4. The zero-order chi connectivity index (χ0) is 11.7. The highest BCUT2D eigenvalue weighted by molar-refractivity contribution is 5.95. The van der Waals surface area contributed by atoms with Crippen molar-refractivity contribution in [2.45, 2.75) is 18.9 Å². The minimum Gasteiger partial charge on any atom is -0.502 e. The Kier molecular flexibility index (Phi) is 2.47. The van der Waals surface area contributed by atoms with Crippen molar-refractivity contribution in [3.8, 4) is 5.75 Å². The van der Waals surface area contributed by atoms with Gasteiger partial charge in [-0.3, -0.25) is 14.9 Å². The van der Waals surface area contributed by atoms with Crippen LogP contribution in [-0.2, 0) is 0 Å². The lowest BCUT2D eigenvalue weighted by Gasteiger charge is -2.03. The van der Waals surface area contributed by atoms with Gasteiger partial charge < -0.3 is 10.4 Å². The molecule has 1 aliphatic rings. The van der Waals surface area contributed by atoms with Gasteiger partial charge in [-0.1, -0.05) is 0 Å². The number of nitro benzene ring substituents is 1. The van der Waals surface area contributed by atoms with Crippen molar-refractivity contribution < 1.29 is 14.8 Å². The Morgan fingerprint density at radius 1 is 1.50 bits per heavy atom. The van der Waals surface area contributed by atoms with Gasteiger partial charge in [-0.25, -0.2) is 0 Å². The van der Waals surface area contributed by atoms with Crippen LogP contribution in [0.4, 0.5) is 5.69 Å². The summed E-state index contributed by atoms with van der Waals surface area (Å²) in [5.74, 6) is -0.804. The first-order valence-electron chi connectivity index (χ1n) is 4.86. The molecule has 1 aromatic rings. The predicted molar refractivity (Wildman–Crippen MR) is 55.2 cm³/mol. The van der Waals surface area contributed by atoms with Crippen molar-refractivity contribution in [1.82, 2.24) is 5.32 Å². The molecule has 16 heavy (non-hydrogen) atoms. The molecule has 0 bridgehead atoms. The van der Waals surface area contributed by atoms with E-state index in [4.69, 9.17) is 0 Å². The number of hydrogen-bond donors (Lipinski definition) is 2. The number of nitrogens with zero attached hydrogens (tertiary/aromatic N) is 1. The second-order valence-corrected chi connectivity index (χ2v) is 3.71. The van der Waals surface area contributed by atoms with Crippen LogP contribution in [-0.4, -0.2) is 22.0 Å². The van der Waals surface area contributed by atoms with Gasteiger partial charge in [-0.05, 0) is 25.0 Å². The minimum atomic E-state index is -0.697. The lowest BCUT2D eigenvalue weighted by atomic mass is 10.2. The Bertz CT molecular complexity index is 454. The molecule has 0 unspecified atom stereocenters. The van der Waals surface area contributed by atoms with E-state index in [2.05, 4.69) is 5.32 Å². The molecule has 6 nitrogen and oxygen atoms in total. The third-order valence-corrected chi connectivity index (χ3v) is 2.35. The fraction of sp³-hybridized carbons (Fsp3) is 0.300. The van der Waals surface area contributed by atoms with Gasteiger partial charge >= 0.3 is 5.69 Å². The number of nitrogens with one attached hydrogen (secondary N) is 1. The van der Waals surface area contributed by atoms with Crippen molar-refractivity contribution in [1.29, 1.82) is 0 Å². The van der Waals surface area contributed by atoms with Gasteiger partial charge in [0.15, 0.2) is 5.75 Å². The molecule has 0 saturated heterocycles. The summed E-state index contributed by atoms with van der Waals surface area (Å²) >= 11 is 0. The van der Waals surface area contributed by atoms with Crippen LogP contribution in [0.1, 0.15) is 23.2 Å². The highest BCUT2D eigenvalue weighted by Crippen LogP contribution is 2.26. The normalized spacial score (nSPS) is 14.5. The molecule has 6 heteroatoms. The van der Waals surface area contributed by atoms with E-state index < -0.39 is 16.4 Å². The Hall–Kier alpha value is -2.11. The topological polar surface area (TPSA) is 92.5 Å². The van der Waals surface area contributed by atoms with E-state index in [0.29, 0.717) is 0 Å². The summed E-state index contributed by atoms with van der Waals surface area (Å²) in [7, 11) is 0. The maximum absolute atomic E-state index is 11.5. The summed E-state index contributed by atoms with van der Waals surface area (Å²) in [5.41, 5.74) is -0.169. The molecule has 0 aromatic heterocycles. The molecule has 0 heterocycles. The molecule has 1 saturated carbocycles. The number of carbonyl (C=O) groups excluding carboxylic acids is 1. The number of rotatable bonds is 3. The third-order valence-electron chi connectivity index (χ3n) is 2.35. The van der Waals surface area contributed by atoms with Crippen molar-refractivity contribution in [3.63, 3.8) is 0 Å². The molecule has 2 rings (SSSR count). The lowest BCUT2D eigenvalue weighted by molar-refractivity contribution is -0.385. The number of amides is 1. The van der Waals surface area contributed by atoms with Gasteiger partial charge in [0, 0.05) is 17.7 Å². The fourth-order valence-electron chi connectivity index (χ4n) is 1.32. The van der Waals surface area contributed by atoms with E-state index in [-0.39, 0.29) is 17.5 Å². The standard InChI is InChI=1S/C10H10N2O4/c13-9-5-6(1-4-8(9)12(15)16)10(14)11-7-2-3-7/h1,4-5,7,13H,2-3H2,(H,11,14). The van der Waals surface area contributed by atoms with Crippen LogP contribution in [0.25, 0.3) is 0 Å². The van der Waals surface area contributed by atoms with Crippen LogP contribution in [0.5, 0.6) is 5.75 Å². The van der Waals surface area contributed by atoms with Crippen molar-refractivity contribution in [3.05, 3.63) is 33.9 Å². The summed E-state index contributed by atoms with van der Waals surface area (Å²) in [6, 6.07) is 3.77. The summed E-state index contributed by atoms with van der Waals surface area (Å²) in [6.07, 6.45) is 1.93. The van der Waals surface area contributed by atoms with Gasteiger partial charge in [-0.2, -0.15) is 0 Å². The maximum atomic E-state index is 11.5. The maximum Gasteiger partial charge on any atom is 0.310 e. The molecule has 1 amide bonds. The number of phenols is 1. The second-order valence-electron chi connectivity index (χ2n) is 3.71. The van der Waals surface area contributed by atoms with Gasteiger partial charge in [-0.15, -0.1) is 0 Å². The largest absolute Gasteiger partial charge is 0.502 e. The fourth-order valence-corrected chi connectivity index (χ4v) is 1.32. The summed E-state index contributed by atoms with van der Waals surface area (Å²) < 4.78 is 0. The zero-order valence-corrected chi connectivity index (χ0v) is 8.34. The van der Waals surface area contributed by atoms with Crippen molar-refractivity contribution >= 4 is 11.6 Å². The van der Waals surface area contributed by atoms with Crippen LogP contribution in [0.2, 0.25) is 0 Å². The first-order valence-corrected chi connectivity index (χ1v) is 4.86. The first kappa shape index (κ1) is 10.4. The molecular weight excluding hydrogens is 212 g/mol. The van der Waals surface area contributed by atoms with Gasteiger partial charge in [0.25, 0.3) is 5.91 Å². The first-order chi connectivity index (χ1) is 7.58. The third kappa shape index (κ3) is 2.10. The Morgan fingerprint density at radius 3 is 2.69 bits per heavy atom. The molecule has 0 radical (unpaired) electrons. The second kappa shape index (κ2) is 3.80. The number of benzene rings is 1. The van der Waals surface area contributed by atoms with E-state index >= 15 is 0 Å². The van der Waals surface area contributed by atoms with Gasteiger partial charge in [0.1, 0.15) is 0 Å². The van der Waals surface area contributed by atoms with E-state index in [0.717, 1.165) is 25.0 Å². The molecule has 84 valence electrons. The van der Waals surface area contributed by atoms with E-state index in [9.17, 15) is 20.0 Å². The van der Waals surface area contributed by atoms with Crippen molar-refractivity contribution in [2.75, 3.05) is 0 Å². The minimum absolute atomic E-state index is 0.213. The molecule has 0 aliphatic heterocycles. The molecule has 1 aliphatic carbocycles. The summed E-state index contributed by atoms with van der Waals surface area (Å²) in [6.45, 7) is 0. The Morgan fingerprint density at radius 2 is 2.19 bits per heavy atom. The van der Waals surface area contributed by atoms with Gasteiger partial charge in [0.05, 0.1) is 4.92 Å². The monoisotopic (exact) mass is 222 g/mol. The average Bonchev–Trinajstić information content (AvgIpc) is 3.00. The van der Waals surface area contributed by atoms with Crippen molar-refractivity contribution in [2.24, 2.45) is 0 Å². The smallest absolute Gasteiger partial charge is 0.310 e. The quantitative estimate of drug-likeness (QED) is 0.593. The Balaban J connectivity index is 2.19. The predicted octanol–water partition coefficient (Wildman–Crippen LogP) is 1.19. The van der Waals surface area contributed by atoms with Crippen LogP contribution in [0.3, 0.4) is 0 Å². The molecule has 0 atom stereocenters. The molecule has 1 aromatic carbocycles. The SMILES string of the molecule is O=C(NC1CC1)c1ccc([N+](=O)[O-])c(O)c1. The lowest BCUT2D eigenvalue weighted by Crippen LogP contribution is -2.25. The van der Waals surface area contributed by atoms with E-state index in [1.165, 1.54) is 6.07 Å². The molecular formula is C10H10N2O4. The number of carbonyl (C=O) groups is 1. The van der Waals surface area contributed by atoms with Gasteiger partial charge in [0.2, 0.25) is 0 Å². The van der Waals surface area contributed by atoms with Crippen LogP contribution >= 0.6 is 0 Å². The average molecular weight is 222 g/mol. The number of nitro groups is 1. The Labute approximate surface area is 91.0 Å². The number of phenolic OH excluding ortho intramolecular Hbond substituents is 1. The molecule has 2 N–H and O–H groups in total. The summed E-state index contributed by atoms with van der Waals surface area (Å²) in [4.78, 5) is 21.3. The van der Waals surface area contributed by atoms with Crippen LogP contribution in [0.15, 0.2) is 18.2 Å². The van der Waals surface area contributed by atoms with E-state index in [1.54, 1.807) is 0 Å². The highest BCUT2D eigenvalue weighted by atomic mass is 16.6. The van der Waals surface area contributed by atoms with E-state index in [1.807, 2.05) is 0 Å². The van der Waals surface area contributed by atoms with Crippen LogP contribution < -0.4 is 5.32 Å².